The zero-order chi connectivity index (χ0) is 5.44. The zero-order valence-corrected chi connectivity index (χ0v) is 4.49. The van der Waals surface area contributed by atoms with E-state index in [2.05, 4.69) is 0 Å². The van der Waals surface area contributed by atoms with Gasteiger partial charge in [-0.2, -0.15) is 0 Å². The van der Waals surface area contributed by atoms with Crippen LogP contribution in [0.2, 0.25) is 0 Å². The lowest BCUT2D eigenvalue weighted by atomic mass is 9.87. The molecule has 0 saturated carbocycles. The predicted molar refractivity (Wildman–Crippen MR) is 27.7 cm³/mol. The van der Waals surface area contributed by atoms with Gasteiger partial charge in [0.2, 0.25) is 0 Å². The first-order chi connectivity index (χ1) is 3.22. The number of rotatable bonds is 0. The highest BCUT2D eigenvalue weighted by atomic mass is 16.1. The molecule has 0 fully saturated rings. The molecule has 1 aliphatic carbocycles. The van der Waals surface area contributed by atoms with Crippen LogP contribution in [0.5, 0.6) is 0 Å². The molecule has 0 bridgehead atoms. The van der Waals surface area contributed by atoms with Crippen molar-refractivity contribution in [2.45, 2.75) is 13.8 Å². The maximum atomic E-state index is 10.3. The van der Waals surface area contributed by atoms with Gasteiger partial charge in [0.25, 0.3) is 0 Å². The average molecular weight is 95.1 g/mol. The lowest BCUT2D eigenvalue weighted by molar-refractivity contribution is -0.113. The second kappa shape index (κ2) is 1.19. The lowest BCUT2D eigenvalue weighted by Gasteiger charge is -2.15. The first kappa shape index (κ1) is 4.57. The van der Waals surface area contributed by atoms with Gasteiger partial charge in [0.05, 0.1) is 5.92 Å². The van der Waals surface area contributed by atoms with Crippen molar-refractivity contribution in [1.82, 2.24) is 0 Å². The summed E-state index contributed by atoms with van der Waals surface area (Å²) in [5.74, 6) is 1.11. The summed E-state index contributed by atoms with van der Waals surface area (Å²) in [6.45, 7) is 3.79. The number of carbonyl (C=O) groups is 1. The molecule has 1 heteroatoms. The Kier molecular flexibility index (Phi) is 0.775. The standard InChI is InChI=1S/C6H7O/c1-4-3-6(7)5(4)2/h3H,1-2H3. The molecule has 0 saturated heterocycles. The van der Waals surface area contributed by atoms with Crippen LogP contribution >= 0.6 is 0 Å². The van der Waals surface area contributed by atoms with Gasteiger partial charge in [0, 0.05) is 0 Å². The molecule has 0 aromatic carbocycles. The highest BCUT2D eigenvalue weighted by Gasteiger charge is 2.21. The largest absolute Gasteiger partial charge is 0.294 e. The van der Waals surface area contributed by atoms with E-state index in [-0.39, 0.29) is 5.78 Å². The smallest absolute Gasteiger partial charge is 0.166 e. The summed E-state index contributed by atoms with van der Waals surface area (Å²) in [5.41, 5.74) is 1.13. The van der Waals surface area contributed by atoms with Crippen molar-refractivity contribution in [3.8, 4) is 0 Å². The fraction of sp³-hybridized carbons (Fsp3) is 0.333. The van der Waals surface area contributed by atoms with Crippen LogP contribution < -0.4 is 0 Å². The monoisotopic (exact) mass is 95.0 g/mol. The summed E-state index contributed by atoms with van der Waals surface area (Å²) in [7, 11) is 0. The van der Waals surface area contributed by atoms with Crippen LogP contribution in [0.1, 0.15) is 13.8 Å². The average Bonchev–Trinajstić information content (AvgIpc) is 1.68. The van der Waals surface area contributed by atoms with E-state index >= 15 is 0 Å². The molecule has 37 valence electrons. The van der Waals surface area contributed by atoms with Crippen LogP contribution in [0.15, 0.2) is 11.6 Å². The number of hydrogen-bond donors (Lipinski definition) is 0. The molecule has 0 aliphatic heterocycles. The minimum absolute atomic E-state index is 0.192. The van der Waals surface area contributed by atoms with Crippen LogP contribution in [0.25, 0.3) is 0 Å². The van der Waals surface area contributed by atoms with Gasteiger partial charge in [0.1, 0.15) is 0 Å². The normalized spacial score (nSPS) is 21.4. The number of ketones is 1. The Balaban J connectivity index is 2.75. The fourth-order valence-electron chi connectivity index (χ4n) is 0.530. The Bertz CT molecular complexity index is 133. The molecule has 7 heavy (non-hydrogen) atoms. The van der Waals surface area contributed by atoms with Crippen LogP contribution in [0.3, 0.4) is 0 Å². The van der Waals surface area contributed by atoms with E-state index in [9.17, 15) is 4.79 Å². The van der Waals surface area contributed by atoms with Gasteiger partial charge >= 0.3 is 0 Å². The Morgan fingerprint density at radius 2 is 2.00 bits per heavy atom. The van der Waals surface area contributed by atoms with E-state index in [4.69, 9.17) is 0 Å². The van der Waals surface area contributed by atoms with Crippen LogP contribution in [0, 0.1) is 5.92 Å². The molecule has 0 spiro atoms. The zero-order valence-electron chi connectivity index (χ0n) is 4.49. The Labute approximate surface area is 43.0 Å². The lowest BCUT2D eigenvalue weighted by Crippen LogP contribution is -2.16. The molecule has 0 amide bonds. The summed E-state index contributed by atoms with van der Waals surface area (Å²) >= 11 is 0. The van der Waals surface area contributed by atoms with E-state index in [0.717, 1.165) is 11.5 Å². The van der Waals surface area contributed by atoms with E-state index < -0.39 is 0 Å². The Hall–Kier alpha value is -0.590. The van der Waals surface area contributed by atoms with Crippen LogP contribution in [-0.2, 0) is 4.79 Å². The van der Waals surface area contributed by atoms with Crippen molar-refractivity contribution in [1.29, 1.82) is 0 Å². The van der Waals surface area contributed by atoms with Crippen molar-refractivity contribution in [3.05, 3.63) is 17.6 Å². The molecular formula is C6H7O. The van der Waals surface area contributed by atoms with Crippen molar-refractivity contribution in [2.24, 2.45) is 0 Å². The molecule has 0 N–H and O–H groups in total. The topological polar surface area (TPSA) is 17.1 Å². The van der Waals surface area contributed by atoms with Gasteiger partial charge in [-0.05, 0) is 19.9 Å². The second-order valence-electron chi connectivity index (χ2n) is 1.82. The second-order valence-corrected chi connectivity index (χ2v) is 1.82. The summed E-state index contributed by atoms with van der Waals surface area (Å²) in [4.78, 5) is 10.3. The van der Waals surface area contributed by atoms with Crippen LogP contribution in [-0.4, -0.2) is 5.78 Å². The van der Waals surface area contributed by atoms with Crippen LogP contribution in [0.4, 0.5) is 0 Å². The molecule has 1 nitrogen and oxygen atoms in total. The minimum atomic E-state index is 0.192. The highest BCUT2D eigenvalue weighted by molar-refractivity contribution is 6.11. The summed E-state index contributed by atoms with van der Waals surface area (Å²) in [6, 6.07) is 0. The molecule has 1 rings (SSSR count). The van der Waals surface area contributed by atoms with Gasteiger partial charge in [-0.1, -0.05) is 5.57 Å². The molecule has 0 aromatic heterocycles. The summed E-state index contributed by atoms with van der Waals surface area (Å²) in [5, 5.41) is 0. The Morgan fingerprint density at radius 1 is 1.43 bits per heavy atom. The van der Waals surface area contributed by atoms with Gasteiger partial charge in [-0.15, -0.1) is 0 Å². The minimum Gasteiger partial charge on any atom is -0.294 e. The van der Waals surface area contributed by atoms with Crippen molar-refractivity contribution in [3.63, 3.8) is 0 Å². The van der Waals surface area contributed by atoms with Gasteiger partial charge in [0.15, 0.2) is 5.78 Å². The maximum Gasteiger partial charge on any atom is 0.166 e. The van der Waals surface area contributed by atoms with E-state index in [1.54, 1.807) is 6.08 Å². The molecule has 1 radical (unpaired) electrons. The van der Waals surface area contributed by atoms with Gasteiger partial charge in [-0.25, -0.2) is 0 Å². The van der Waals surface area contributed by atoms with Crippen molar-refractivity contribution in [2.75, 3.05) is 0 Å². The van der Waals surface area contributed by atoms with Gasteiger partial charge < -0.3 is 0 Å². The van der Waals surface area contributed by atoms with Gasteiger partial charge in [-0.3, -0.25) is 4.79 Å². The molecule has 0 aromatic rings. The fourth-order valence-corrected chi connectivity index (χ4v) is 0.530. The summed E-state index contributed by atoms with van der Waals surface area (Å²) in [6.07, 6.45) is 1.65. The molecule has 0 unspecified atom stereocenters. The van der Waals surface area contributed by atoms with Crippen molar-refractivity contribution >= 4 is 5.78 Å². The third kappa shape index (κ3) is 0.483. The third-order valence-corrected chi connectivity index (χ3v) is 1.31. The SMILES string of the molecule is C[C]1C(=O)C=C1C. The molecule has 0 atom stereocenters. The molecule has 1 aliphatic rings. The summed E-state index contributed by atoms with van der Waals surface area (Å²) < 4.78 is 0. The number of hydrogen-bond acceptors (Lipinski definition) is 1. The molecular weight excluding hydrogens is 88.1 g/mol. The van der Waals surface area contributed by atoms with E-state index in [0.29, 0.717) is 0 Å². The number of allylic oxidation sites excluding steroid dienone is 2. The molecule has 0 heterocycles. The first-order valence-electron chi connectivity index (χ1n) is 2.28. The van der Waals surface area contributed by atoms with Crippen molar-refractivity contribution < 1.29 is 4.79 Å². The van der Waals surface area contributed by atoms with E-state index in [1.807, 2.05) is 13.8 Å². The predicted octanol–water partition coefficient (Wildman–Crippen LogP) is 1.11. The Morgan fingerprint density at radius 3 is 2.00 bits per heavy atom. The quantitative estimate of drug-likeness (QED) is 0.440. The third-order valence-electron chi connectivity index (χ3n) is 1.31. The van der Waals surface area contributed by atoms with E-state index in [1.165, 1.54) is 0 Å². The highest BCUT2D eigenvalue weighted by Crippen LogP contribution is 2.22. The first-order valence-corrected chi connectivity index (χ1v) is 2.28. The number of carbonyl (C=O) groups excluding carboxylic acids is 1. The maximum absolute atomic E-state index is 10.3.